The van der Waals surface area contributed by atoms with Crippen molar-refractivity contribution in [2.24, 2.45) is 0 Å². The van der Waals surface area contributed by atoms with Gasteiger partial charge in [-0.1, -0.05) is 12.2 Å². The van der Waals surface area contributed by atoms with Gasteiger partial charge in [0.2, 0.25) is 5.91 Å². The summed E-state index contributed by atoms with van der Waals surface area (Å²) in [5.41, 5.74) is 0. The van der Waals surface area contributed by atoms with E-state index in [9.17, 15) is 9.59 Å². The molecule has 2 atom stereocenters. The maximum atomic E-state index is 12.0. The molecule has 0 aromatic rings. The Hall–Kier alpha value is -0.820. The minimum Gasteiger partial charge on any atom is -0.480 e. The predicted molar refractivity (Wildman–Crippen MR) is 64.4 cm³/mol. The fourth-order valence-electron chi connectivity index (χ4n) is 1.86. The lowest BCUT2D eigenvalue weighted by atomic mass is 10.2. The van der Waals surface area contributed by atoms with Crippen molar-refractivity contribution < 1.29 is 14.7 Å². The average molecular weight is 260 g/mol. The topological polar surface area (TPSA) is 69.6 Å². The number of carbonyl (C=O) groups excluding carboxylic acids is 1. The number of thioether (sulfide) groups is 1. The molecule has 2 aliphatic rings. The number of carboxylic acids is 1. The molecule has 0 saturated carbocycles. The Morgan fingerprint density at radius 2 is 2.31 bits per heavy atom. The van der Waals surface area contributed by atoms with Gasteiger partial charge in [-0.15, -0.1) is 11.8 Å². The van der Waals surface area contributed by atoms with Crippen molar-refractivity contribution in [2.75, 3.05) is 11.6 Å². The summed E-state index contributed by atoms with van der Waals surface area (Å²) in [6.07, 6.45) is 1.38. The largest absolute Gasteiger partial charge is 0.480 e. The Morgan fingerprint density at radius 1 is 1.56 bits per heavy atom. The third-order valence-electron chi connectivity index (χ3n) is 2.74. The molecule has 0 aromatic heterocycles. The number of nitrogens with one attached hydrogen (secondary N) is 1. The van der Waals surface area contributed by atoms with Gasteiger partial charge in [-0.25, -0.2) is 4.79 Å². The lowest BCUT2D eigenvalue weighted by molar-refractivity contribution is -0.148. The smallest absolute Gasteiger partial charge is 0.327 e. The number of rotatable bonds is 2. The molecule has 5 nitrogen and oxygen atoms in total. The van der Waals surface area contributed by atoms with Gasteiger partial charge < -0.3 is 15.3 Å². The van der Waals surface area contributed by atoms with E-state index in [1.807, 2.05) is 0 Å². The summed E-state index contributed by atoms with van der Waals surface area (Å²) in [5.74, 6) is -0.143. The molecule has 2 heterocycles. The highest BCUT2D eigenvalue weighted by Gasteiger charge is 2.38. The van der Waals surface area contributed by atoms with Gasteiger partial charge in [0.05, 0.1) is 10.9 Å². The molecule has 7 heteroatoms. The van der Waals surface area contributed by atoms with Gasteiger partial charge in [0.15, 0.2) is 0 Å². The van der Waals surface area contributed by atoms with Crippen LogP contribution in [-0.4, -0.2) is 50.6 Å². The van der Waals surface area contributed by atoms with E-state index in [1.54, 1.807) is 0 Å². The highest BCUT2D eigenvalue weighted by Crippen LogP contribution is 2.23. The van der Waals surface area contributed by atoms with Crippen LogP contribution in [0.1, 0.15) is 12.8 Å². The third-order valence-corrected chi connectivity index (χ3v) is 4.08. The summed E-state index contributed by atoms with van der Waals surface area (Å²) in [4.78, 5) is 25.1. The fraction of sp³-hybridized carbons (Fsp3) is 0.667. The number of carbonyl (C=O) groups is 2. The summed E-state index contributed by atoms with van der Waals surface area (Å²) in [6, 6.07) is -1.01. The fourth-order valence-corrected chi connectivity index (χ4v) is 3.28. The molecule has 0 bridgehead atoms. The van der Waals surface area contributed by atoms with Gasteiger partial charge in [0, 0.05) is 12.2 Å². The summed E-state index contributed by atoms with van der Waals surface area (Å²) in [7, 11) is 0. The second-order valence-corrected chi connectivity index (χ2v) is 5.31. The first-order valence-electron chi connectivity index (χ1n) is 5.00. The van der Waals surface area contributed by atoms with Crippen LogP contribution in [0.5, 0.6) is 0 Å². The highest BCUT2D eigenvalue weighted by molar-refractivity contribution is 7.99. The van der Waals surface area contributed by atoms with Crippen LogP contribution >= 0.6 is 24.0 Å². The molecule has 2 N–H and O–H groups in total. The van der Waals surface area contributed by atoms with Crippen LogP contribution in [-0.2, 0) is 9.59 Å². The number of nitrogens with zero attached hydrogens (tertiary/aromatic N) is 1. The first-order valence-corrected chi connectivity index (χ1v) is 6.56. The quantitative estimate of drug-likeness (QED) is 0.684. The molecule has 2 aliphatic heterocycles. The average Bonchev–Trinajstić information content (AvgIpc) is 2.84. The Labute approximate surface area is 103 Å². The van der Waals surface area contributed by atoms with Crippen LogP contribution in [0, 0.1) is 0 Å². The molecule has 0 radical (unpaired) electrons. The Balaban J connectivity index is 2.03. The number of amides is 1. The maximum absolute atomic E-state index is 12.0. The minimum absolute atomic E-state index is 0.141. The maximum Gasteiger partial charge on any atom is 0.327 e. The molecule has 0 spiro atoms. The minimum atomic E-state index is -0.932. The van der Waals surface area contributed by atoms with Gasteiger partial charge in [-0.05, 0) is 6.42 Å². The number of thiocarbonyl (C=S) groups is 1. The highest BCUT2D eigenvalue weighted by atomic mass is 32.2. The number of hydrogen-bond donors (Lipinski definition) is 2. The lowest BCUT2D eigenvalue weighted by Crippen LogP contribution is -2.49. The van der Waals surface area contributed by atoms with Crippen molar-refractivity contribution in [1.29, 1.82) is 0 Å². The van der Waals surface area contributed by atoms with E-state index in [0.29, 0.717) is 29.5 Å². The van der Waals surface area contributed by atoms with E-state index < -0.39 is 12.0 Å². The zero-order valence-corrected chi connectivity index (χ0v) is 10.1. The summed E-state index contributed by atoms with van der Waals surface area (Å²) < 4.78 is 0. The Kier molecular flexibility index (Phi) is 3.34. The lowest BCUT2D eigenvalue weighted by Gasteiger charge is -2.23. The molecule has 0 aliphatic carbocycles. The number of carboxylic acid groups (broad SMARTS) is 1. The molecule has 2 saturated heterocycles. The van der Waals surface area contributed by atoms with E-state index in [-0.39, 0.29) is 11.9 Å². The van der Waals surface area contributed by atoms with Crippen molar-refractivity contribution in [3.63, 3.8) is 0 Å². The Bertz CT molecular complexity index is 348. The molecule has 88 valence electrons. The van der Waals surface area contributed by atoms with Gasteiger partial charge in [-0.3, -0.25) is 4.79 Å². The van der Waals surface area contributed by atoms with Gasteiger partial charge in [0.25, 0.3) is 0 Å². The first kappa shape index (κ1) is 11.7. The number of aliphatic carboxylic acids is 1. The van der Waals surface area contributed by atoms with Crippen LogP contribution in [0.15, 0.2) is 0 Å². The van der Waals surface area contributed by atoms with Crippen LogP contribution in [0.3, 0.4) is 0 Å². The monoisotopic (exact) mass is 260 g/mol. The van der Waals surface area contributed by atoms with Crippen molar-refractivity contribution >= 4 is 40.8 Å². The molecular weight excluding hydrogens is 248 g/mol. The first-order chi connectivity index (χ1) is 7.59. The van der Waals surface area contributed by atoms with Gasteiger partial charge in [-0.2, -0.15) is 0 Å². The molecule has 0 unspecified atom stereocenters. The molecule has 2 fully saturated rings. The third kappa shape index (κ3) is 2.15. The summed E-state index contributed by atoms with van der Waals surface area (Å²) in [6.45, 7) is 0. The molecule has 1 amide bonds. The van der Waals surface area contributed by atoms with E-state index >= 15 is 0 Å². The van der Waals surface area contributed by atoms with Crippen molar-refractivity contribution in [3.05, 3.63) is 0 Å². The van der Waals surface area contributed by atoms with Crippen molar-refractivity contribution in [1.82, 2.24) is 10.2 Å². The van der Waals surface area contributed by atoms with E-state index in [4.69, 9.17) is 17.3 Å². The van der Waals surface area contributed by atoms with Gasteiger partial charge in [0.1, 0.15) is 12.1 Å². The van der Waals surface area contributed by atoms with Crippen molar-refractivity contribution in [3.8, 4) is 0 Å². The SMILES string of the molecule is O=C(O)[C@@H]1CSCN1C(=O)[C@@H]1CCC(=S)N1. The second-order valence-electron chi connectivity index (χ2n) is 3.82. The predicted octanol–water partition coefficient (Wildman–Crippen LogP) is 0.0519. The molecular formula is C9H12N2O3S2. The van der Waals surface area contributed by atoms with Crippen molar-refractivity contribution in [2.45, 2.75) is 24.9 Å². The number of hydrogen-bond acceptors (Lipinski definition) is 4. The van der Waals surface area contributed by atoms with E-state index in [0.717, 1.165) is 0 Å². The standard InChI is InChI=1S/C9H12N2O3S2/c12-8(5-1-2-7(15)10-5)11-4-16-3-6(11)9(13)14/h5-6H,1-4H2,(H,10,15)(H,13,14)/t5-,6-/m0/s1. The van der Waals surface area contributed by atoms with Crippen LogP contribution < -0.4 is 5.32 Å². The van der Waals surface area contributed by atoms with Crippen LogP contribution in [0.25, 0.3) is 0 Å². The normalized spacial score (nSPS) is 29.2. The summed E-state index contributed by atoms with van der Waals surface area (Å²) >= 11 is 6.44. The second kappa shape index (κ2) is 4.58. The zero-order valence-electron chi connectivity index (χ0n) is 8.51. The molecule has 16 heavy (non-hydrogen) atoms. The molecule has 2 rings (SSSR count). The van der Waals surface area contributed by atoms with Crippen LogP contribution in [0.2, 0.25) is 0 Å². The van der Waals surface area contributed by atoms with E-state index in [1.165, 1.54) is 16.7 Å². The van der Waals surface area contributed by atoms with Gasteiger partial charge >= 0.3 is 5.97 Å². The zero-order chi connectivity index (χ0) is 11.7. The Morgan fingerprint density at radius 3 is 2.88 bits per heavy atom. The molecule has 0 aromatic carbocycles. The van der Waals surface area contributed by atoms with E-state index in [2.05, 4.69) is 5.32 Å². The summed E-state index contributed by atoms with van der Waals surface area (Å²) in [5, 5.41) is 11.9. The van der Waals surface area contributed by atoms with Crippen LogP contribution in [0.4, 0.5) is 0 Å².